The van der Waals surface area contributed by atoms with Crippen molar-refractivity contribution >= 4 is 38.2 Å². The largest absolute Gasteiger partial charge is 0.477 e. The Bertz CT molecular complexity index is 789. The first kappa shape index (κ1) is 13.3. The molecule has 0 saturated carbocycles. The van der Waals surface area contributed by atoms with Gasteiger partial charge in [0.2, 0.25) is 0 Å². The Morgan fingerprint density at radius 1 is 1.40 bits per heavy atom. The van der Waals surface area contributed by atoms with Crippen molar-refractivity contribution < 1.29 is 9.90 Å². The van der Waals surface area contributed by atoms with Crippen LogP contribution in [-0.4, -0.2) is 20.5 Å². The number of carbonyl (C=O) groups is 1. The first-order valence-corrected chi connectivity index (χ1v) is 7.71. The fraction of sp³-hybridized carbons (Fsp3) is 0.143. The molecule has 0 amide bonds. The fourth-order valence-electron chi connectivity index (χ4n) is 2.15. The van der Waals surface area contributed by atoms with E-state index >= 15 is 0 Å². The van der Waals surface area contributed by atoms with Gasteiger partial charge in [0.1, 0.15) is 4.88 Å². The maximum atomic E-state index is 11.2. The van der Waals surface area contributed by atoms with Crippen LogP contribution >= 0.6 is 27.3 Å². The molecule has 20 heavy (non-hydrogen) atoms. The van der Waals surface area contributed by atoms with Crippen molar-refractivity contribution in [3.63, 3.8) is 0 Å². The van der Waals surface area contributed by atoms with Crippen molar-refractivity contribution in [2.45, 2.75) is 13.3 Å². The molecule has 2 heterocycles. The van der Waals surface area contributed by atoms with Crippen LogP contribution in [0.4, 0.5) is 0 Å². The Morgan fingerprint density at radius 2 is 2.10 bits per heavy atom. The van der Waals surface area contributed by atoms with Gasteiger partial charge in [-0.15, -0.1) is 0 Å². The van der Waals surface area contributed by atoms with E-state index in [1.807, 2.05) is 41.8 Å². The molecule has 1 N–H and O–H groups in total. The number of imidazole rings is 1. The standard InChI is InChI=1S/C14H11BrN2O2S/c1-2-11-12(13(18)19)20-14-16-10(7-17(11)14)8-3-5-9(15)6-4-8/h3-7H,2H2,1H3,(H,18,19). The highest BCUT2D eigenvalue weighted by molar-refractivity contribution is 9.10. The van der Waals surface area contributed by atoms with E-state index in [-0.39, 0.29) is 0 Å². The lowest BCUT2D eigenvalue weighted by molar-refractivity contribution is 0.0700. The van der Waals surface area contributed by atoms with Crippen molar-refractivity contribution in [2.75, 3.05) is 0 Å². The molecule has 3 aromatic rings. The Morgan fingerprint density at radius 3 is 2.70 bits per heavy atom. The summed E-state index contributed by atoms with van der Waals surface area (Å²) in [5, 5.41) is 9.20. The normalized spacial score (nSPS) is 11.1. The Labute approximate surface area is 127 Å². The predicted octanol–water partition coefficient (Wildman–Crippen LogP) is 4.09. The molecule has 0 aliphatic heterocycles. The highest BCUT2D eigenvalue weighted by Gasteiger charge is 2.18. The van der Waals surface area contributed by atoms with E-state index in [1.54, 1.807) is 0 Å². The molecular weight excluding hydrogens is 340 g/mol. The summed E-state index contributed by atoms with van der Waals surface area (Å²) < 4.78 is 2.90. The molecule has 102 valence electrons. The topological polar surface area (TPSA) is 54.6 Å². The Balaban J connectivity index is 2.14. The average molecular weight is 351 g/mol. The number of fused-ring (bicyclic) bond motifs is 1. The van der Waals surface area contributed by atoms with Crippen LogP contribution in [0.15, 0.2) is 34.9 Å². The van der Waals surface area contributed by atoms with Gasteiger partial charge >= 0.3 is 5.97 Å². The van der Waals surface area contributed by atoms with Crippen LogP contribution in [-0.2, 0) is 6.42 Å². The van der Waals surface area contributed by atoms with Gasteiger partial charge in [0.05, 0.1) is 5.69 Å². The molecule has 0 aliphatic rings. The van der Waals surface area contributed by atoms with Crippen LogP contribution in [0.5, 0.6) is 0 Å². The summed E-state index contributed by atoms with van der Waals surface area (Å²) in [4.78, 5) is 16.8. The minimum atomic E-state index is -0.887. The summed E-state index contributed by atoms with van der Waals surface area (Å²) in [6, 6.07) is 7.90. The van der Waals surface area contributed by atoms with E-state index in [1.165, 1.54) is 11.3 Å². The van der Waals surface area contributed by atoms with Crippen LogP contribution in [0.25, 0.3) is 16.2 Å². The predicted molar refractivity (Wildman–Crippen MR) is 82.5 cm³/mol. The zero-order valence-electron chi connectivity index (χ0n) is 10.6. The van der Waals surface area contributed by atoms with Gasteiger partial charge in [-0.1, -0.05) is 46.3 Å². The molecule has 6 heteroatoms. The second kappa shape index (κ2) is 5.03. The third kappa shape index (κ3) is 2.14. The molecule has 0 saturated heterocycles. The molecule has 2 aromatic heterocycles. The van der Waals surface area contributed by atoms with Crippen molar-refractivity contribution in [1.82, 2.24) is 9.38 Å². The Hall–Kier alpha value is -1.66. The second-order valence-corrected chi connectivity index (χ2v) is 6.22. The minimum Gasteiger partial charge on any atom is -0.477 e. The molecule has 0 fully saturated rings. The molecule has 3 rings (SSSR count). The first-order chi connectivity index (χ1) is 9.60. The number of benzene rings is 1. The van der Waals surface area contributed by atoms with Crippen LogP contribution < -0.4 is 0 Å². The summed E-state index contributed by atoms with van der Waals surface area (Å²) in [6.07, 6.45) is 2.57. The number of rotatable bonds is 3. The maximum Gasteiger partial charge on any atom is 0.347 e. The number of thiazole rings is 1. The molecule has 1 aromatic carbocycles. The molecule has 0 bridgehead atoms. The fourth-order valence-corrected chi connectivity index (χ4v) is 3.45. The van der Waals surface area contributed by atoms with Gasteiger partial charge in [0.25, 0.3) is 0 Å². The number of hydrogen-bond donors (Lipinski definition) is 1. The van der Waals surface area contributed by atoms with Crippen molar-refractivity contribution in [3.8, 4) is 11.3 Å². The summed E-state index contributed by atoms with van der Waals surface area (Å²) in [5.41, 5.74) is 2.67. The molecule has 0 atom stereocenters. The molecule has 0 spiro atoms. The van der Waals surface area contributed by atoms with Gasteiger partial charge in [0.15, 0.2) is 4.96 Å². The SMILES string of the molecule is CCc1c(C(=O)O)sc2nc(-c3ccc(Br)cc3)cn12. The number of hydrogen-bond acceptors (Lipinski definition) is 3. The van der Waals surface area contributed by atoms with Crippen LogP contribution in [0, 0.1) is 0 Å². The van der Waals surface area contributed by atoms with Crippen molar-refractivity contribution in [3.05, 3.63) is 45.5 Å². The van der Waals surface area contributed by atoms with Crippen LogP contribution in [0.3, 0.4) is 0 Å². The van der Waals surface area contributed by atoms with Gasteiger partial charge in [-0.05, 0) is 18.6 Å². The van der Waals surface area contributed by atoms with Gasteiger partial charge in [-0.3, -0.25) is 4.40 Å². The van der Waals surface area contributed by atoms with Gasteiger partial charge in [-0.2, -0.15) is 0 Å². The number of halogens is 1. The lowest BCUT2D eigenvalue weighted by atomic mass is 10.2. The smallest absolute Gasteiger partial charge is 0.347 e. The summed E-state index contributed by atoms with van der Waals surface area (Å²) in [5.74, 6) is -0.887. The number of aryl methyl sites for hydroxylation is 1. The average Bonchev–Trinajstić information content (AvgIpc) is 2.96. The summed E-state index contributed by atoms with van der Waals surface area (Å²) in [7, 11) is 0. The minimum absolute atomic E-state index is 0.373. The van der Waals surface area contributed by atoms with Crippen molar-refractivity contribution in [2.24, 2.45) is 0 Å². The van der Waals surface area contributed by atoms with E-state index in [9.17, 15) is 9.90 Å². The summed E-state index contributed by atoms with van der Waals surface area (Å²) in [6.45, 7) is 1.95. The maximum absolute atomic E-state index is 11.2. The number of nitrogens with zero attached hydrogens (tertiary/aromatic N) is 2. The van der Waals surface area contributed by atoms with E-state index in [2.05, 4.69) is 20.9 Å². The third-order valence-electron chi connectivity index (χ3n) is 3.09. The van der Waals surface area contributed by atoms with E-state index in [4.69, 9.17) is 0 Å². The molecule has 4 nitrogen and oxygen atoms in total. The van der Waals surface area contributed by atoms with Crippen LogP contribution in [0.1, 0.15) is 22.3 Å². The zero-order chi connectivity index (χ0) is 14.3. The van der Waals surface area contributed by atoms with E-state index in [0.717, 1.165) is 26.4 Å². The molecular formula is C14H11BrN2O2S. The number of aromatic carboxylic acids is 1. The van der Waals surface area contributed by atoms with Crippen LogP contribution in [0.2, 0.25) is 0 Å². The zero-order valence-corrected chi connectivity index (χ0v) is 13.0. The Kier molecular flexibility index (Phi) is 3.35. The van der Waals surface area contributed by atoms with Gasteiger partial charge < -0.3 is 5.11 Å². The number of aromatic nitrogens is 2. The molecule has 0 aliphatic carbocycles. The second-order valence-electron chi connectivity index (χ2n) is 4.32. The number of carboxylic acid groups (broad SMARTS) is 1. The van der Waals surface area contributed by atoms with Crippen molar-refractivity contribution in [1.29, 1.82) is 0 Å². The highest BCUT2D eigenvalue weighted by Crippen LogP contribution is 2.28. The highest BCUT2D eigenvalue weighted by atomic mass is 79.9. The lowest BCUT2D eigenvalue weighted by Crippen LogP contribution is -1.99. The lowest BCUT2D eigenvalue weighted by Gasteiger charge is -1.98. The number of carboxylic acids is 1. The summed E-state index contributed by atoms with van der Waals surface area (Å²) >= 11 is 4.62. The van der Waals surface area contributed by atoms with E-state index < -0.39 is 5.97 Å². The van der Waals surface area contributed by atoms with Gasteiger partial charge in [-0.25, -0.2) is 9.78 Å². The monoisotopic (exact) mass is 350 g/mol. The van der Waals surface area contributed by atoms with Gasteiger partial charge in [0, 0.05) is 21.9 Å². The third-order valence-corrected chi connectivity index (χ3v) is 4.70. The molecule has 0 unspecified atom stereocenters. The quantitative estimate of drug-likeness (QED) is 0.773. The first-order valence-electron chi connectivity index (χ1n) is 6.10. The molecule has 0 radical (unpaired) electrons. The van der Waals surface area contributed by atoms with E-state index in [0.29, 0.717) is 11.3 Å².